The molecule has 1 aliphatic heterocycles. The summed E-state index contributed by atoms with van der Waals surface area (Å²) in [5.41, 5.74) is 1.63. The third-order valence-corrected chi connectivity index (χ3v) is 6.73. The highest BCUT2D eigenvalue weighted by molar-refractivity contribution is 6.38. The molecule has 0 aromatic heterocycles. The van der Waals surface area contributed by atoms with Gasteiger partial charge in [-0.25, -0.2) is 0 Å². The Balaban J connectivity index is 1.78. The lowest BCUT2D eigenvalue weighted by Crippen LogP contribution is -2.55. The van der Waals surface area contributed by atoms with Gasteiger partial charge in [0.25, 0.3) is 5.91 Å². The number of hydrogen-bond acceptors (Lipinski definition) is 5. The van der Waals surface area contributed by atoms with Gasteiger partial charge in [-0.15, -0.1) is 0 Å². The summed E-state index contributed by atoms with van der Waals surface area (Å²) in [6.45, 7) is 2.86. The molecule has 2 aromatic carbocycles. The van der Waals surface area contributed by atoms with Crippen LogP contribution in [-0.2, 0) is 30.4 Å². The molecule has 4 N–H and O–H groups in total. The number of benzene rings is 2. The summed E-state index contributed by atoms with van der Waals surface area (Å²) in [6.07, 6.45) is 6.01. The number of ketones is 1. The molecule has 1 fully saturated rings. The second kappa shape index (κ2) is 16.0. The van der Waals surface area contributed by atoms with Crippen LogP contribution in [0.25, 0.3) is 6.08 Å². The molecule has 1 saturated heterocycles. The van der Waals surface area contributed by atoms with Gasteiger partial charge >= 0.3 is 0 Å². The normalized spacial score (nSPS) is 16.4. The Kier molecular flexibility index (Phi) is 12.1. The fraction of sp³-hybridized carbons (Fsp3) is 0.387. The average molecular weight is 547 g/mol. The van der Waals surface area contributed by atoms with Crippen molar-refractivity contribution in [3.05, 3.63) is 77.9 Å². The molecule has 0 radical (unpaired) electrons. The van der Waals surface area contributed by atoms with Crippen LogP contribution in [0, 0.1) is 5.92 Å². The molecule has 0 saturated carbocycles. The smallest absolute Gasteiger partial charge is 0.289 e. The van der Waals surface area contributed by atoms with Crippen LogP contribution in [0.5, 0.6) is 0 Å². The number of hydrogen-bond donors (Lipinski definition) is 4. The van der Waals surface area contributed by atoms with E-state index in [1.54, 1.807) is 6.08 Å². The lowest BCUT2D eigenvalue weighted by Gasteiger charge is -2.27. The Morgan fingerprint density at radius 3 is 2.35 bits per heavy atom. The van der Waals surface area contributed by atoms with E-state index in [1.807, 2.05) is 67.6 Å². The molecule has 9 heteroatoms. The highest BCUT2D eigenvalue weighted by atomic mass is 16.2. The number of unbranched alkanes of at least 4 members (excludes halogenated alkanes) is 1. The lowest BCUT2D eigenvalue weighted by atomic mass is 9.89. The largest absolute Gasteiger partial charge is 0.356 e. The average Bonchev–Trinajstić information content (AvgIpc) is 2.97. The van der Waals surface area contributed by atoms with Gasteiger partial charge in [0, 0.05) is 31.5 Å². The molecule has 0 bridgehead atoms. The van der Waals surface area contributed by atoms with Crippen molar-refractivity contribution in [2.45, 2.75) is 57.5 Å². The third kappa shape index (κ3) is 9.80. The maximum Gasteiger partial charge on any atom is 0.289 e. The standard InChI is InChI=1S/C31H38N4O5/c1-2-3-18-33-31(40)28(37)25(21-24-15-10-19-32-29(24)38)35-30(39)26(20-23-13-8-5-9-14-23)34-27(36)17-16-22-11-6-4-7-12-22/h4-9,11-14,16-17,24-26H,2-3,10,15,18-21H2,1H3,(H,32,38)(H,33,40)(H,34,36)(H,35,39)/b17-16+/t24-,25-,26-/m0/s1. The van der Waals surface area contributed by atoms with Crippen molar-refractivity contribution >= 4 is 35.5 Å². The number of carbonyl (C=O) groups is 5. The molecule has 1 heterocycles. The second-order valence-electron chi connectivity index (χ2n) is 9.90. The summed E-state index contributed by atoms with van der Waals surface area (Å²) < 4.78 is 0. The first-order valence-electron chi connectivity index (χ1n) is 13.8. The van der Waals surface area contributed by atoms with Crippen LogP contribution in [0.3, 0.4) is 0 Å². The Hall–Kier alpha value is -4.27. The summed E-state index contributed by atoms with van der Waals surface area (Å²) in [5.74, 6) is -3.42. The molecule has 2 aromatic rings. The van der Waals surface area contributed by atoms with Crippen molar-refractivity contribution in [3.8, 4) is 0 Å². The first kappa shape index (κ1) is 30.3. The molecule has 3 rings (SSSR count). The molecule has 3 atom stereocenters. The Bertz CT molecular complexity index is 1180. The summed E-state index contributed by atoms with van der Waals surface area (Å²) in [5, 5.41) is 10.8. The Morgan fingerprint density at radius 2 is 1.68 bits per heavy atom. The van der Waals surface area contributed by atoms with Crippen molar-refractivity contribution < 1.29 is 24.0 Å². The van der Waals surface area contributed by atoms with Crippen LogP contribution < -0.4 is 21.3 Å². The van der Waals surface area contributed by atoms with Gasteiger partial charge < -0.3 is 21.3 Å². The van der Waals surface area contributed by atoms with Crippen LogP contribution in [0.4, 0.5) is 0 Å². The molecule has 9 nitrogen and oxygen atoms in total. The number of carbonyl (C=O) groups excluding carboxylic acids is 5. The van der Waals surface area contributed by atoms with E-state index in [2.05, 4.69) is 21.3 Å². The van der Waals surface area contributed by atoms with E-state index >= 15 is 0 Å². The van der Waals surface area contributed by atoms with Crippen molar-refractivity contribution in [1.82, 2.24) is 21.3 Å². The maximum atomic E-state index is 13.5. The maximum absolute atomic E-state index is 13.5. The monoisotopic (exact) mass is 546 g/mol. The zero-order valence-corrected chi connectivity index (χ0v) is 22.9. The van der Waals surface area contributed by atoms with E-state index in [-0.39, 0.29) is 18.7 Å². The topological polar surface area (TPSA) is 133 Å². The molecule has 4 amide bonds. The number of nitrogens with one attached hydrogen (secondary N) is 4. The summed E-state index contributed by atoms with van der Waals surface area (Å²) >= 11 is 0. The van der Waals surface area contributed by atoms with Crippen molar-refractivity contribution in [1.29, 1.82) is 0 Å². The van der Waals surface area contributed by atoms with Gasteiger partial charge in [0.2, 0.25) is 23.5 Å². The molecular formula is C31H38N4O5. The summed E-state index contributed by atoms with van der Waals surface area (Å²) in [7, 11) is 0. The minimum absolute atomic E-state index is 0.00246. The van der Waals surface area contributed by atoms with E-state index in [0.29, 0.717) is 25.9 Å². The minimum atomic E-state index is -1.21. The molecular weight excluding hydrogens is 508 g/mol. The Labute approximate surface area is 235 Å². The zero-order valence-electron chi connectivity index (χ0n) is 22.9. The molecule has 0 unspecified atom stereocenters. The van der Waals surface area contributed by atoms with Gasteiger partial charge in [0.15, 0.2) is 0 Å². The van der Waals surface area contributed by atoms with Gasteiger partial charge in [-0.3, -0.25) is 24.0 Å². The molecule has 0 spiro atoms. The molecule has 0 aliphatic carbocycles. The number of piperidine rings is 1. The quantitative estimate of drug-likeness (QED) is 0.164. The first-order chi connectivity index (χ1) is 19.4. The second-order valence-corrected chi connectivity index (χ2v) is 9.90. The van der Waals surface area contributed by atoms with E-state index in [0.717, 1.165) is 24.0 Å². The number of rotatable bonds is 14. The van der Waals surface area contributed by atoms with Gasteiger partial charge in [-0.05, 0) is 42.9 Å². The van der Waals surface area contributed by atoms with Gasteiger partial charge in [-0.1, -0.05) is 74.0 Å². The predicted molar refractivity (Wildman–Crippen MR) is 153 cm³/mol. The summed E-state index contributed by atoms with van der Waals surface area (Å²) in [4.78, 5) is 64.6. The fourth-order valence-corrected chi connectivity index (χ4v) is 4.49. The predicted octanol–water partition coefficient (Wildman–Crippen LogP) is 2.31. The van der Waals surface area contributed by atoms with E-state index in [9.17, 15) is 24.0 Å². The summed E-state index contributed by atoms with van der Waals surface area (Å²) in [6, 6.07) is 16.2. The third-order valence-electron chi connectivity index (χ3n) is 6.73. The van der Waals surface area contributed by atoms with E-state index in [1.165, 1.54) is 6.08 Å². The zero-order chi connectivity index (χ0) is 28.7. The molecule has 1 aliphatic rings. The lowest BCUT2D eigenvalue weighted by molar-refractivity contribution is -0.141. The Morgan fingerprint density at radius 1 is 0.975 bits per heavy atom. The number of Topliss-reactive ketones (excluding diaryl/α,β-unsaturated/α-hetero) is 1. The highest BCUT2D eigenvalue weighted by Crippen LogP contribution is 2.18. The SMILES string of the molecule is CCCCNC(=O)C(=O)[C@H](C[C@@H]1CCCNC1=O)NC(=O)[C@H](Cc1ccccc1)NC(=O)/C=C/c1ccccc1. The van der Waals surface area contributed by atoms with E-state index < -0.39 is 41.5 Å². The molecule has 40 heavy (non-hydrogen) atoms. The van der Waals surface area contributed by atoms with Crippen LogP contribution >= 0.6 is 0 Å². The fourth-order valence-electron chi connectivity index (χ4n) is 4.49. The first-order valence-corrected chi connectivity index (χ1v) is 13.8. The van der Waals surface area contributed by atoms with Crippen LogP contribution in [-0.4, -0.2) is 54.6 Å². The van der Waals surface area contributed by atoms with Crippen molar-refractivity contribution in [3.63, 3.8) is 0 Å². The van der Waals surface area contributed by atoms with Crippen molar-refractivity contribution in [2.24, 2.45) is 5.92 Å². The van der Waals surface area contributed by atoms with Crippen LogP contribution in [0.15, 0.2) is 66.7 Å². The number of amides is 4. The van der Waals surface area contributed by atoms with Crippen molar-refractivity contribution in [2.75, 3.05) is 13.1 Å². The van der Waals surface area contributed by atoms with Gasteiger partial charge in [0.05, 0.1) is 6.04 Å². The van der Waals surface area contributed by atoms with Crippen LogP contribution in [0.2, 0.25) is 0 Å². The van der Waals surface area contributed by atoms with E-state index in [4.69, 9.17) is 0 Å². The minimum Gasteiger partial charge on any atom is -0.356 e. The van der Waals surface area contributed by atoms with Gasteiger partial charge in [0.1, 0.15) is 6.04 Å². The highest BCUT2D eigenvalue weighted by Gasteiger charge is 2.34. The van der Waals surface area contributed by atoms with Gasteiger partial charge in [-0.2, -0.15) is 0 Å². The molecule has 212 valence electrons. The van der Waals surface area contributed by atoms with Crippen LogP contribution in [0.1, 0.15) is 50.2 Å².